The maximum absolute atomic E-state index is 12.4. The minimum atomic E-state index is 0.0449. The van der Waals surface area contributed by atoms with Gasteiger partial charge >= 0.3 is 0 Å². The zero-order valence-corrected chi connectivity index (χ0v) is 15.0. The van der Waals surface area contributed by atoms with Crippen LogP contribution < -0.4 is 10.2 Å². The first-order valence-corrected chi connectivity index (χ1v) is 9.30. The van der Waals surface area contributed by atoms with E-state index in [1.807, 2.05) is 12.1 Å². The molecule has 1 fully saturated rings. The first-order valence-electron chi connectivity index (χ1n) is 9.30. The van der Waals surface area contributed by atoms with Crippen LogP contribution in [0, 0.1) is 0 Å². The van der Waals surface area contributed by atoms with E-state index in [9.17, 15) is 4.79 Å². The molecule has 0 atom stereocenters. The molecule has 2 aromatic rings. The predicted octanol–water partition coefficient (Wildman–Crippen LogP) is 2.52. The van der Waals surface area contributed by atoms with E-state index in [0.717, 1.165) is 51.5 Å². The Morgan fingerprint density at radius 2 is 1.69 bits per heavy atom. The molecule has 1 N–H and O–H groups in total. The van der Waals surface area contributed by atoms with Crippen molar-refractivity contribution in [1.29, 1.82) is 0 Å². The zero-order chi connectivity index (χ0) is 17.8. The second kappa shape index (κ2) is 7.89. The summed E-state index contributed by atoms with van der Waals surface area (Å²) in [7, 11) is 0. The monoisotopic (exact) mass is 351 g/mol. The van der Waals surface area contributed by atoms with Crippen molar-refractivity contribution >= 4 is 17.3 Å². The number of nitrogens with zero attached hydrogens (tertiary/aromatic N) is 2. The number of nitrogens with one attached hydrogen (secondary N) is 1. The number of hydrogen-bond donors (Lipinski definition) is 1. The van der Waals surface area contributed by atoms with E-state index in [-0.39, 0.29) is 5.91 Å². The van der Waals surface area contributed by atoms with Gasteiger partial charge in [0.05, 0.1) is 19.8 Å². The summed E-state index contributed by atoms with van der Waals surface area (Å²) in [4.78, 5) is 16.9. The van der Waals surface area contributed by atoms with E-state index in [1.54, 1.807) is 0 Å². The summed E-state index contributed by atoms with van der Waals surface area (Å²) >= 11 is 0. The normalized spacial score (nSPS) is 17.6. The van der Waals surface area contributed by atoms with Gasteiger partial charge in [-0.3, -0.25) is 9.69 Å². The summed E-state index contributed by atoms with van der Waals surface area (Å²) in [6.45, 7) is 5.60. The highest BCUT2D eigenvalue weighted by atomic mass is 16.5. The summed E-state index contributed by atoms with van der Waals surface area (Å²) in [6, 6.07) is 16.6. The molecule has 26 heavy (non-hydrogen) atoms. The first kappa shape index (κ1) is 17.1. The van der Waals surface area contributed by atoms with Gasteiger partial charge in [0, 0.05) is 37.6 Å². The summed E-state index contributed by atoms with van der Waals surface area (Å²) < 4.78 is 5.39. The Morgan fingerprint density at radius 1 is 0.962 bits per heavy atom. The fourth-order valence-electron chi connectivity index (χ4n) is 3.67. The molecular weight excluding hydrogens is 326 g/mol. The summed E-state index contributed by atoms with van der Waals surface area (Å²) in [6.07, 6.45) is 1.01. The average molecular weight is 351 g/mol. The molecule has 4 rings (SSSR count). The van der Waals surface area contributed by atoms with Gasteiger partial charge in [-0.05, 0) is 41.8 Å². The summed E-state index contributed by atoms with van der Waals surface area (Å²) in [5.41, 5.74) is 4.77. The van der Waals surface area contributed by atoms with Crippen LogP contribution in [-0.2, 0) is 22.5 Å². The van der Waals surface area contributed by atoms with E-state index in [2.05, 4.69) is 51.5 Å². The average Bonchev–Trinajstić information content (AvgIpc) is 2.69. The van der Waals surface area contributed by atoms with Gasteiger partial charge in [0.1, 0.15) is 0 Å². The lowest BCUT2D eigenvalue weighted by Crippen LogP contribution is -2.37. The van der Waals surface area contributed by atoms with Gasteiger partial charge in [0.2, 0.25) is 5.91 Å². The minimum Gasteiger partial charge on any atom is -0.378 e. The van der Waals surface area contributed by atoms with Gasteiger partial charge in [0.25, 0.3) is 0 Å². The van der Waals surface area contributed by atoms with E-state index >= 15 is 0 Å². The van der Waals surface area contributed by atoms with Crippen LogP contribution >= 0.6 is 0 Å². The maximum atomic E-state index is 12.4. The van der Waals surface area contributed by atoms with Crippen molar-refractivity contribution in [3.63, 3.8) is 0 Å². The van der Waals surface area contributed by atoms with Crippen molar-refractivity contribution < 1.29 is 9.53 Å². The number of amides is 1. The molecule has 2 heterocycles. The molecule has 2 aromatic carbocycles. The number of fused-ring (bicyclic) bond motifs is 1. The fourth-order valence-corrected chi connectivity index (χ4v) is 3.67. The van der Waals surface area contributed by atoms with Crippen molar-refractivity contribution in [2.24, 2.45) is 0 Å². The lowest BCUT2D eigenvalue weighted by atomic mass is 10.00. The molecule has 5 heteroatoms. The van der Waals surface area contributed by atoms with Crippen LogP contribution in [-0.4, -0.2) is 50.2 Å². The van der Waals surface area contributed by atoms with E-state index in [4.69, 9.17) is 4.74 Å². The van der Waals surface area contributed by atoms with Crippen LogP contribution in [0.2, 0.25) is 0 Å². The molecule has 1 amide bonds. The number of morpholine rings is 1. The van der Waals surface area contributed by atoms with Gasteiger partial charge in [-0.1, -0.05) is 24.3 Å². The molecular formula is C21H25N3O2. The van der Waals surface area contributed by atoms with Crippen LogP contribution in [0.25, 0.3) is 0 Å². The van der Waals surface area contributed by atoms with Gasteiger partial charge in [-0.25, -0.2) is 0 Å². The molecule has 136 valence electrons. The standard InChI is InChI=1S/C21H25N3O2/c25-21(16-23-10-9-17-3-1-2-4-18(17)15-23)22-19-5-7-20(8-6-19)24-11-13-26-14-12-24/h1-8H,9-16H2,(H,22,25). The number of anilines is 2. The largest absolute Gasteiger partial charge is 0.378 e. The molecule has 0 aromatic heterocycles. The molecule has 2 aliphatic rings. The van der Waals surface area contributed by atoms with Gasteiger partial charge in [-0.15, -0.1) is 0 Å². The van der Waals surface area contributed by atoms with Crippen LogP contribution in [0.1, 0.15) is 11.1 Å². The third-order valence-corrected chi connectivity index (χ3v) is 5.10. The number of ether oxygens (including phenoxy) is 1. The first-order chi connectivity index (χ1) is 12.8. The van der Waals surface area contributed by atoms with Gasteiger partial charge in [-0.2, -0.15) is 0 Å². The molecule has 0 bridgehead atoms. The highest BCUT2D eigenvalue weighted by molar-refractivity contribution is 5.92. The lowest BCUT2D eigenvalue weighted by molar-refractivity contribution is -0.117. The highest BCUT2D eigenvalue weighted by Gasteiger charge is 2.18. The second-order valence-corrected chi connectivity index (χ2v) is 6.92. The van der Waals surface area contributed by atoms with Gasteiger partial charge in [0.15, 0.2) is 0 Å². The Bertz CT molecular complexity index is 754. The molecule has 0 spiro atoms. The molecule has 0 aliphatic carbocycles. The smallest absolute Gasteiger partial charge is 0.238 e. The Labute approximate surface area is 154 Å². The third kappa shape index (κ3) is 4.06. The summed E-state index contributed by atoms with van der Waals surface area (Å²) in [5.74, 6) is 0.0449. The van der Waals surface area contributed by atoms with Crippen molar-refractivity contribution in [3.8, 4) is 0 Å². The van der Waals surface area contributed by atoms with Crippen LogP contribution in [0.15, 0.2) is 48.5 Å². The minimum absolute atomic E-state index is 0.0449. The molecule has 1 saturated heterocycles. The molecule has 0 saturated carbocycles. The van der Waals surface area contributed by atoms with Gasteiger partial charge < -0.3 is 15.0 Å². The SMILES string of the molecule is O=C(CN1CCc2ccccc2C1)Nc1ccc(N2CCOCC2)cc1. The quantitative estimate of drug-likeness (QED) is 0.919. The van der Waals surface area contributed by atoms with Crippen molar-refractivity contribution in [1.82, 2.24) is 4.90 Å². The zero-order valence-electron chi connectivity index (χ0n) is 15.0. The fraction of sp³-hybridized carbons (Fsp3) is 0.381. The third-order valence-electron chi connectivity index (χ3n) is 5.10. The number of benzene rings is 2. The number of rotatable bonds is 4. The summed E-state index contributed by atoms with van der Waals surface area (Å²) in [5, 5.41) is 3.02. The van der Waals surface area contributed by atoms with E-state index in [0.29, 0.717) is 6.54 Å². The maximum Gasteiger partial charge on any atom is 0.238 e. The topological polar surface area (TPSA) is 44.8 Å². The molecule has 2 aliphatic heterocycles. The molecule has 0 unspecified atom stereocenters. The van der Waals surface area contributed by atoms with Crippen molar-refractivity contribution in [2.75, 3.05) is 49.6 Å². The van der Waals surface area contributed by atoms with E-state index < -0.39 is 0 Å². The highest BCUT2D eigenvalue weighted by Crippen LogP contribution is 2.20. The van der Waals surface area contributed by atoms with E-state index in [1.165, 1.54) is 16.8 Å². The number of hydrogen-bond acceptors (Lipinski definition) is 4. The predicted molar refractivity (Wildman–Crippen MR) is 104 cm³/mol. The Morgan fingerprint density at radius 3 is 2.46 bits per heavy atom. The van der Waals surface area contributed by atoms with Crippen LogP contribution in [0.3, 0.4) is 0 Å². The Balaban J connectivity index is 1.31. The van der Waals surface area contributed by atoms with Crippen LogP contribution in [0.4, 0.5) is 11.4 Å². The Hall–Kier alpha value is -2.37. The van der Waals surface area contributed by atoms with Crippen molar-refractivity contribution in [2.45, 2.75) is 13.0 Å². The lowest BCUT2D eigenvalue weighted by Gasteiger charge is -2.29. The Kier molecular flexibility index (Phi) is 5.18. The van der Waals surface area contributed by atoms with Crippen molar-refractivity contribution in [3.05, 3.63) is 59.7 Å². The number of carbonyl (C=O) groups is 1. The molecule has 5 nitrogen and oxygen atoms in total. The second-order valence-electron chi connectivity index (χ2n) is 6.92. The number of carbonyl (C=O) groups excluding carboxylic acids is 1. The van der Waals surface area contributed by atoms with Crippen LogP contribution in [0.5, 0.6) is 0 Å². The molecule has 0 radical (unpaired) electrons.